The molecule has 9 heteroatoms. The number of anilines is 1. The quantitative estimate of drug-likeness (QED) is 0.280. The van der Waals surface area contributed by atoms with E-state index in [1.165, 1.54) is 24.1 Å². The molecular weight excluding hydrogens is 526 g/mol. The lowest BCUT2D eigenvalue weighted by atomic mass is 10.1. The minimum atomic E-state index is -4.16. The van der Waals surface area contributed by atoms with Gasteiger partial charge in [0, 0.05) is 13.1 Å². The number of sulfonamides is 1. The number of nitrogens with zero attached hydrogens (tertiary/aromatic N) is 2. The second kappa shape index (κ2) is 14.5. The average Bonchev–Trinajstić information content (AvgIpc) is 2.97. The molecule has 0 unspecified atom stereocenters. The van der Waals surface area contributed by atoms with Crippen LogP contribution in [0.25, 0.3) is 0 Å². The first-order chi connectivity index (χ1) is 19.2. The molecule has 3 rings (SSSR count). The molecule has 8 nitrogen and oxygen atoms in total. The van der Waals surface area contributed by atoms with Gasteiger partial charge in [0.05, 0.1) is 17.7 Å². The van der Waals surface area contributed by atoms with Crippen molar-refractivity contribution in [2.75, 3.05) is 24.5 Å². The number of carbonyl (C=O) groups is 2. The van der Waals surface area contributed by atoms with E-state index in [-0.39, 0.29) is 23.0 Å². The van der Waals surface area contributed by atoms with Gasteiger partial charge in [-0.1, -0.05) is 74.9 Å². The molecule has 0 spiro atoms. The lowest BCUT2D eigenvalue weighted by molar-refractivity contribution is -0.140. The number of benzene rings is 3. The number of hydrogen-bond donors (Lipinski definition) is 1. The molecule has 0 heterocycles. The van der Waals surface area contributed by atoms with Crippen molar-refractivity contribution >= 4 is 27.5 Å². The van der Waals surface area contributed by atoms with Crippen LogP contribution in [0.3, 0.4) is 0 Å². The van der Waals surface area contributed by atoms with Crippen molar-refractivity contribution in [3.8, 4) is 5.75 Å². The largest absolute Gasteiger partial charge is 0.495 e. The first-order valence-corrected chi connectivity index (χ1v) is 15.0. The van der Waals surface area contributed by atoms with Crippen LogP contribution in [-0.2, 0) is 26.2 Å². The van der Waals surface area contributed by atoms with Crippen LogP contribution in [0, 0.1) is 6.92 Å². The predicted molar refractivity (Wildman–Crippen MR) is 158 cm³/mol. The summed E-state index contributed by atoms with van der Waals surface area (Å²) in [6.45, 7) is 5.99. The lowest BCUT2D eigenvalue weighted by Crippen LogP contribution is -2.52. The van der Waals surface area contributed by atoms with E-state index in [0.29, 0.717) is 18.7 Å². The first kappa shape index (κ1) is 30.7. The lowest BCUT2D eigenvalue weighted by Gasteiger charge is -2.33. The third kappa shape index (κ3) is 7.41. The summed E-state index contributed by atoms with van der Waals surface area (Å²) < 4.78 is 34.4. The number of hydrogen-bond acceptors (Lipinski definition) is 5. The Hall–Kier alpha value is -3.85. The summed E-state index contributed by atoms with van der Waals surface area (Å²) in [5.74, 6) is -0.441. The van der Waals surface area contributed by atoms with Gasteiger partial charge in [-0.25, -0.2) is 8.42 Å². The summed E-state index contributed by atoms with van der Waals surface area (Å²) in [4.78, 5) is 29.0. The monoisotopic (exact) mass is 565 g/mol. The number of aryl methyl sites for hydroxylation is 1. The maximum Gasteiger partial charge on any atom is 0.264 e. The minimum absolute atomic E-state index is 0.0449. The molecule has 0 aliphatic rings. The van der Waals surface area contributed by atoms with Crippen molar-refractivity contribution < 1.29 is 22.7 Å². The summed E-state index contributed by atoms with van der Waals surface area (Å²) in [6, 6.07) is 21.5. The Labute approximate surface area is 238 Å². The molecule has 3 aromatic carbocycles. The van der Waals surface area contributed by atoms with E-state index in [1.54, 1.807) is 42.5 Å². The number of ether oxygens (including phenoxy) is 1. The molecule has 0 saturated carbocycles. The first-order valence-electron chi connectivity index (χ1n) is 13.6. The molecule has 214 valence electrons. The predicted octanol–water partition coefficient (Wildman–Crippen LogP) is 4.92. The van der Waals surface area contributed by atoms with E-state index in [9.17, 15) is 18.0 Å². The SMILES string of the molecule is CCCCNC(=O)[C@@H](CC)N(Cc1ccccc1C)C(=O)CN(c1ccccc1OC)S(=O)(=O)c1ccccc1. The summed E-state index contributed by atoms with van der Waals surface area (Å²) in [7, 11) is -2.71. The third-order valence-corrected chi connectivity index (χ3v) is 8.56. The highest BCUT2D eigenvalue weighted by Crippen LogP contribution is 2.32. The van der Waals surface area contributed by atoms with Crippen molar-refractivity contribution in [2.45, 2.75) is 57.5 Å². The zero-order valence-electron chi connectivity index (χ0n) is 23.7. The van der Waals surface area contributed by atoms with E-state index in [4.69, 9.17) is 4.74 Å². The molecule has 0 bridgehead atoms. The minimum Gasteiger partial charge on any atom is -0.495 e. The topological polar surface area (TPSA) is 96.0 Å². The molecular formula is C31H39N3O5S. The standard InChI is InChI=1S/C31H39N3O5S/c1-5-7-21-32-31(36)27(6-2)33(22-25-16-12-11-15-24(25)3)30(35)23-34(28-19-13-14-20-29(28)39-4)40(37,38)26-17-9-8-10-18-26/h8-20,27H,5-7,21-23H2,1-4H3,(H,32,36)/t27-/m1/s1. The van der Waals surface area contributed by atoms with Crippen molar-refractivity contribution in [1.82, 2.24) is 10.2 Å². The maximum absolute atomic E-state index is 14.2. The van der Waals surface area contributed by atoms with E-state index < -0.39 is 28.5 Å². The summed E-state index contributed by atoms with van der Waals surface area (Å²) in [5, 5.41) is 2.95. The second-order valence-corrected chi connectivity index (χ2v) is 11.4. The normalized spacial score (nSPS) is 11.9. The number of para-hydroxylation sites is 2. The van der Waals surface area contributed by atoms with E-state index in [2.05, 4.69) is 5.32 Å². The van der Waals surface area contributed by atoms with E-state index >= 15 is 0 Å². The van der Waals surface area contributed by atoms with Gasteiger partial charge in [-0.3, -0.25) is 13.9 Å². The summed E-state index contributed by atoms with van der Waals surface area (Å²) in [5.41, 5.74) is 2.09. The zero-order chi connectivity index (χ0) is 29.1. The van der Waals surface area contributed by atoms with Gasteiger partial charge in [-0.05, 0) is 55.2 Å². The smallest absolute Gasteiger partial charge is 0.264 e. The van der Waals surface area contributed by atoms with Crippen LogP contribution < -0.4 is 14.4 Å². The van der Waals surface area contributed by atoms with Gasteiger partial charge in [0.25, 0.3) is 10.0 Å². The van der Waals surface area contributed by atoms with Crippen molar-refractivity contribution in [2.24, 2.45) is 0 Å². The van der Waals surface area contributed by atoms with Gasteiger partial charge >= 0.3 is 0 Å². The van der Waals surface area contributed by atoms with Gasteiger partial charge in [0.15, 0.2) is 0 Å². The molecule has 0 saturated heterocycles. The van der Waals surface area contributed by atoms with Crippen LogP contribution in [0.1, 0.15) is 44.2 Å². The summed E-state index contributed by atoms with van der Waals surface area (Å²) in [6.07, 6.45) is 2.12. The van der Waals surface area contributed by atoms with Crippen LogP contribution in [0.15, 0.2) is 83.8 Å². The van der Waals surface area contributed by atoms with Crippen molar-refractivity contribution in [3.63, 3.8) is 0 Å². The number of unbranched alkanes of at least 4 members (excludes halogenated alkanes) is 1. The van der Waals surface area contributed by atoms with Crippen LogP contribution in [0.2, 0.25) is 0 Å². The van der Waals surface area contributed by atoms with Gasteiger partial charge in [-0.15, -0.1) is 0 Å². The molecule has 0 aliphatic carbocycles. The Kier molecular flexibility index (Phi) is 11.1. The van der Waals surface area contributed by atoms with Gasteiger partial charge in [0.2, 0.25) is 11.8 Å². The molecule has 1 N–H and O–H groups in total. The van der Waals surface area contributed by atoms with E-state index in [1.807, 2.05) is 45.0 Å². The number of carbonyl (C=O) groups excluding carboxylic acids is 2. The third-order valence-electron chi connectivity index (χ3n) is 6.78. The molecule has 1 atom stereocenters. The number of methoxy groups -OCH3 is 1. The average molecular weight is 566 g/mol. The highest BCUT2D eigenvalue weighted by atomic mass is 32.2. The molecule has 2 amide bonds. The number of amides is 2. The Balaban J connectivity index is 2.07. The molecule has 3 aromatic rings. The second-order valence-electron chi connectivity index (χ2n) is 9.51. The highest BCUT2D eigenvalue weighted by molar-refractivity contribution is 7.92. The fraction of sp³-hybridized carbons (Fsp3) is 0.355. The van der Waals surface area contributed by atoms with Crippen LogP contribution >= 0.6 is 0 Å². The fourth-order valence-electron chi connectivity index (χ4n) is 4.47. The Morgan fingerprint density at radius 2 is 1.57 bits per heavy atom. The van der Waals surface area contributed by atoms with Crippen LogP contribution in [-0.4, -0.2) is 51.4 Å². The van der Waals surface area contributed by atoms with Gasteiger partial charge in [-0.2, -0.15) is 0 Å². The number of nitrogens with one attached hydrogen (secondary N) is 1. The Morgan fingerprint density at radius 1 is 0.925 bits per heavy atom. The molecule has 0 radical (unpaired) electrons. The van der Waals surface area contributed by atoms with Crippen molar-refractivity contribution in [3.05, 3.63) is 90.0 Å². The summed E-state index contributed by atoms with van der Waals surface area (Å²) >= 11 is 0. The van der Waals surface area contributed by atoms with Crippen molar-refractivity contribution in [1.29, 1.82) is 0 Å². The highest BCUT2D eigenvalue weighted by Gasteiger charge is 2.34. The van der Waals surface area contributed by atoms with Gasteiger partial charge in [0.1, 0.15) is 18.3 Å². The van der Waals surface area contributed by atoms with E-state index in [0.717, 1.165) is 28.3 Å². The molecule has 0 aromatic heterocycles. The van der Waals surface area contributed by atoms with Gasteiger partial charge < -0.3 is 15.0 Å². The molecule has 0 fully saturated rings. The Bertz CT molecular complexity index is 1380. The number of rotatable bonds is 14. The molecule has 0 aliphatic heterocycles. The maximum atomic E-state index is 14.2. The zero-order valence-corrected chi connectivity index (χ0v) is 24.5. The fourth-order valence-corrected chi connectivity index (χ4v) is 5.91. The van der Waals surface area contributed by atoms with Crippen LogP contribution in [0.5, 0.6) is 5.75 Å². The van der Waals surface area contributed by atoms with Crippen LogP contribution in [0.4, 0.5) is 5.69 Å². The Morgan fingerprint density at radius 3 is 2.23 bits per heavy atom. The molecule has 40 heavy (non-hydrogen) atoms.